The fourth-order valence-corrected chi connectivity index (χ4v) is 3.78. The molecule has 1 aromatic carbocycles. The first-order valence-corrected chi connectivity index (χ1v) is 9.59. The van der Waals surface area contributed by atoms with E-state index in [-0.39, 0.29) is 18.6 Å². The minimum Gasteiger partial charge on any atom is -0.452 e. The Balaban J connectivity index is 1.64. The molecule has 2 aromatic heterocycles. The first-order chi connectivity index (χ1) is 13.0. The Morgan fingerprint density at radius 2 is 1.89 bits per heavy atom. The van der Waals surface area contributed by atoms with E-state index in [1.54, 1.807) is 17.4 Å². The maximum Gasteiger partial charge on any atom is 0.340 e. The van der Waals surface area contributed by atoms with Gasteiger partial charge < -0.3 is 14.6 Å². The molecule has 6 heteroatoms. The average Bonchev–Trinajstić information content (AvgIpc) is 3.29. The largest absolute Gasteiger partial charge is 0.452 e. The van der Waals surface area contributed by atoms with Gasteiger partial charge in [-0.25, -0.2) is 4.79 Å². The summed E-state index contributed by atoms with van der Waals surface area (Å²) in [6.45, 7) is 5.41. The van der Waals surface area contributed by atoms with Gasteiger partial charge in [0.2, 0.25) is 0 Å². The number of hydrogen-bond donors (Lipinski definition) is 1. The van der Waals surface area contributed by atoms with Crippen LogP contribution in [0.15, 0.2) is 53.9 Å². The molecular weight excluding hydrogens is 360 g/mol. The summed E-state index contributed by atoms with van der Waals surface area (Å²) in [4.78, 5) is 25.6. The molecular formula is C21H22N2O3S. The number of para-hydroxylation sites is 1. The van der Waals surface area contributed by atoms with Gasteiger partial charge in [-0.15, -0.1) is 11.3 Å². The molecule has 0 radical (unpaired) electrons. The highest BCUT2D eigenvalue weighted by Crippen LogP contribution is 2.21. The zero-order chi connectivity index (χ0) is 19.4. The SMILES string of the molecule is Cc1cc(C(=O)OCC(=O)N[C@H](C)c2cccs2)c(C)n1-c1ccccc1. The molecule has 1 N–H and O–H groups in total. The van der Waals surface area contributed by atoms with Crippen molar-refractivity contribution in [2.24, 2.45) is 0 Å². The predicted octanol–water partition coefficient (Wildman–Crippen LogP) is 4.19. The first kappa shape index (κ1) is 18.9. The number of thiophene rings is 1. The molecule has 0 saturated carbocycles. The van der Waals surface area contributed by atoms with E-state index < -0.39 is 5.97 Å². The van der Waals surface area contributed by atoms with Gasteiger partial charge in [-0.05, 0) is 50.4 Å². The predicted molar refractivity (Wildman–Crippen MR) is 106 cm³/mol. The normalized spacial score (nSPS) is 11.8. The van der Waals surface area contributed by atoms with Crippen LogP contribution >= 0.6 is 11.3 Å². The van der Waals surface area contributed by atoms with E-state index in [2.05, 4.69) is 5.32 Å². The van der Waals surface area contributed by atoms with Crippen molar-refractivity contribution in [3.05, 3.63) is 75.7 Å². The third kappa shape index (κ3) is 4.28. The van der Waals surface area contributed by atoms with E-state index in [4.69, 9.17) is 4.74 Å². The van der Waals surface area contributed by atoms with Crippen LogP contribution in [0.1, 0.15) is 39.6 Å². The minimum absolute atomic E-state index is 0.112. The number of amides is 1. The molecule has 1 atom stereocenters. The summed E-state index contributed by atoms with van der Waals surface area (Å²) in [5, 5.41) is 4.79. The van der Waals surface area contributed by atoms with Gasteiger partial charge >= 0.3 is 5.97 Å². The molecule has 5 nitrogen and oxygen atoms in total. The van der Waals surface area contributed by atoms with Crippen molar-refractivity contribution < 1.29 is 14.3 Å². The quantitative estimate of drug-likeness (QED) is 0.650. The lowest BCUT2D eigenvalue weighted by Gasteiger charge is -2.12. The number of benzene rings is 1. The lowest BCUT2D eigenvalue weighted by molar-refractivity contribution is -0.124. The van der Waals surface area contributed by atoms with Crippen LogP contribution in [-0.4, -0.2) is 23.1 Å². The maximum absolute atomic E-state index is 12.5. The Kier molecular flexibility index (Phi) is 5.76. The number of hydrogen-bond acceptors (Lipinski definition) is 4. The maximum atomic E-state index is 12.5. The van der Waals surface area contributed by atoms with Gasteiger partial charge in [0, 0.05) is 22.0 Å². The molecule has 0 aliphatic heterocycles. The van der Waals surface area contributed by atoms with Crippen LogP contribution in [0.3, 0.4) is 0 Å². The molecule has 2 heterocycles. The Morgan fingerprint density at radius 1 is 1.15 bits per heavy atom. The first-order valence-electron chi connectivity index (χ1n) is 8.71. The van der Waals surface area contributed by atoms with E-state index in [1.807, 2.05) is 73.2 Å². The molecule has 0 aliphatic rings. The summed E-state index contributed by atoms with van der Waals surface area (Å²) in [6, 6.07) is 15.4. The Labute approximate surface area is 162 Å². The van der Waals surface area contributed by atoms with Crippen LogP contribution in [0, 0.1) is 13.8 Å². The van der Waals surface area contributed by atoms with Crippen molar-refractivity contribution in [3.63, 3.8) is 0 Å². The summed E-state index contributed by atoms with van der Waals surface area (Å²) >= 11 is 1.57. The van der Waals surface area contributed by atoms with Gasteiger partial charge in [0.05, 0.1) is 11.6 Å². The molecule has 3 aromatic rings. The molecule has 140 valence electrons. The van der Waals surface area contributed by atoms with Crippen molar-refractivity contribution in [1.29, 1.82) is 0 Å². The zero-order valence-electron chi connectivity index (χ0n) is 15.6. The summed E-state index contributed by atoms with van der Waals surface area (Å²) in [7, 11) is 0. The molecule has 0 aliphatic carbocycles. The van der Waals surface area contributed by atoms with Crippen molar-refractivity contribution >= 4 is 23.2 Å². The van der Waals surface area contributed by atoms with Gasteiger partial charge in [-0.3, -0.25) is 4.79 Å². The van der Waals surface area contributed by atoms with E-state index in [1.165, 1.54) is 0 Å². The van der Waals surface area contributed by atoms with E-state index in [9.17, 15) is 9.59 Å². The molecule has 0 spiro atoms. The van der Waals surface area contributed by atoms with E-state index in [0.717, 1.165) is 22.0 Å². The van der Waals surface area contributed by atoms with E-state index in [0.29, 0.717) is 5.56 Å². The minimum atomic E-state index is -0.496. The summed E-state index contributed by atoms with van der Waals surface area (Å²) in [5.41, 5.74) is 3.17. The average molecular weight is 382 g/mol. The van der Waals surface area contributed by atoms with Crippen molar-refractivity contribution in [2.45, 2.75) is 26.8 Å². The van der Waals surface area contributed by atoms with Crippen LogP contribution < -0.4 is 5.32 Å². The van der Waals surface area contributed by atoms with E-state index >= 15 is 0 Å². The molecule has 1 amide bonds. The number of aromatic nitrogens is 1. The summed E-state index contributed by atoms with van der Waals surface area (Å²) in [5.74, 6) is -0.815. The summed E-state index contributed by atoms with van der Waals surface area (Å²) in [6.07, 6.45) is 0. The highest BCUT2D eigenvalue weighted by molar-refractivity contribution is 7.10. The molecule has 27 heavy (non-hydrogen) atoms. The number of rotatable bonds is 6. The lowest BCUT2D eigenvalue weighted by atomic mass is 10.2. The number of nitrogens with one attached hydrogen (secondary N) is 1. The number of carbonyl (C=O) groups excluding carboxylic acids is 2. The topological polar surface area (TPSA) is 60.3 Å². The van der Waals surface area contributed by atoms with Crippen LogP contribution in [-0.2, 0) is 9.53 Å². The standard InChI is InChI=1S/C21H22N2O3S/c1-14-12-18(16(3)23(14)17-8-5-4-6-9-17)21(25)26-13-20(24)22-15(2)19-10-7-11-27-19/h4-12,15H,13H2,1-3H3,(H,22,24)/t15-/m1/s1. The second kappa shape index (κ2) is 8.22. The molecule has 0 fully saturated rings. The van der Waals surface area contributed by atoms with Gasteiger partial charge in [0.15, 0.2) is 6.61 Å². The Bertz CT molecular complexity index is 930. The van der Waals surface area contributed by atoms with Crippen molar-refractivity contribution in [3.8, 4) is 5.69 Å². The molecule has 0 unspecified atom stereocenters. The third-order valence-electron chi connectivity index (χ3n) is 4.35. The second-order valence-corrected chi connectivity index (χ2v) is 7.32. The highest BCUT2D eigenvalue weighted by Gasteiger charge is 2.19. The fourth-order valence-electron chi connectivity index (χ4n) is 3.04. The van der Waals surface area contributed by atoms with Crippen molar-refractivity contribution in [2.75, 3.05) is 6.61 Å². The number of ether oxygens (including phenoxy) is 1. The zero-order valence-corrected chi connectivity index (χ0v) is 16.4. The number of aryl methyl sites for hydroxylation is 1. The Hall–Kier alpha value is -2.86. The summed E-state index contributed by atoms with van der Waals surface area (Å²) < 4.78 is 7.23. The number of nitrogens with zero attached hydrogens (tertiary/aromatic N) is 1. The molecule has 0 bridgehead atoms. The van der Waals surface area contributed by atoms with Gasteiger partial charge in [-0.1, -0.05) is 24.3 Å². The second-order valence-electron chi connectivity index (χ2n) is 6.34. The van der Waals surface area contributed by atoms with Crippen LogP contribution in [0.5, 0.6) is 0 Å². The van der Waals surface area contributed by atoms with Gasteiger partial charge in [0.1, 0.15) is 0 Å². The molecule has 0 saturated heterocycles. The number of esters is 1. The lowest BCUT2D eigenvalue weighted by Crippen LogP contribution is -2.30. The highest BCUT2D eigenvalue weighted by atomic mass is 32.1. The van der Waals surface area contributed by atoms with Crippen LogP contribution in [0.2, 0.25) is 0 Å². The monoisotopic (exact) mass is 382 g/mol. The Morgan fingerprint density at radius 3 is 2.56 bits per heavy atom. The van der Waals surface area contributed by atoms with Crippen LogP contribution in [0.25, 0.3) is 5.69 Å². The van der Waals surface area contributed by atoms with Gasteiger partial charge in [0.25, 0.3) is 5.91 Å². The fraction of sp³-hybridized carbons (Fsp3) is 0.238. The smallest absolute Gasteiger partial charge is 0.340 e. The number of carbonyl (C=O) groups is 2. The van der Waals surface area contributed by atoms with Gasteiger partial charge in [-0.2, -0.15) is 0 Å². The van der Waals surface area contributed by atoms with Crippen molar-refractivity contribution in [1.82, 2.24) is 9.88 Å². The molecule has 3 rings (SSSR count). The van der Waals surface area contributed by atoms with Crippen LogP contribution in [0.4, 0.5) is 0 Å². The third-order valence-corrected chi connectivity index (χ3v) is 5.40.